The van der Waals surface area contributed by atoms with Crippen molar-refractivity contribution in [1.29, 1.82) is 0 Å². The summed E-state index contributed by atoms with van der Waals surface area (Å²) in [5, 5.41) is 4.67. The van der Waals surface area contributed by atoms with Crippen LogP contribution in [-0.4, -0.2) is 11.6 Å². The highest BCUT2D eigenvalue weighted by Gasteiger charge is 2.03. The summed E-state index contributed by atoms with van der Waals surface area (Å²) in [5.74, 6) is 0. The minimum absolute atomic E-state index is 0.621. The van der Waals surface area contributed by atoms with Crippen LogP contribution in [0.2, 0.25) is 0 Å². The van der Waals surface area contributed by atoms with E-state index in [-0.39, 0.29) is 0 Å². The number of nitroso groups, excluding NO2 is 1. The fourth-order valence-electron chi connectivity index (χ4n) is 1.66. The Morgan fingerprint density at radius 1 is 1.12 bits per heavy atom. The smallest absolute Gasteiger partial charge is 0.0642 e. The second-order valence-electron chi connectivity index (χ2n) is 4.02. The van der Waals surface area contributed by atoms with Crippen molar-refractivity contribution in [2.24, 2.45) is 5.29 Å². The second-order valence-corrected chi connectivity index (χ2v) is 4.02. The standard InChI is InChI=1S/C13H20N2O/c1-2-3-4-8-11-15(14-16)12-13-9-6-5-7-10-13/h5-7,9-10H,2-4,8,11-12H2,1H3. The van der Waals surface area contributed by atoms with E-state index in [2.05, 4.69) is 12.2 Å². The highest BCUT2D eigenvalue weighted by Crippen LogP contribution is 2.07. The highest BCUT2D eigenvalue weighted by molar-refractivity contribution is 5.14. The summed E-state index contributed by atoms with van der Waals surface area (Å²) in [6.45, 7) is 3.56. The molecular weight excluding hydrogens is 200 g/mol. The van der Waals surface area contributed by atoms with Gasteiger partial charge in [-0.05, 0) is 12.0 Å². The zero-order valence-corrected chi connectivity index (χ0v) is 9.93. The molecule has 0 N–H and O–H groups in total. The van der Waals surface area contributed by atoms with Gasteiger partial charge in [-0.3, -0.25) is 5.01 Å². The van der Waals surface area contributed by atoms with E-state index >= 15 is 0 Å². The Hall–Kier alpha value is -1.38. The third-order valence-corrected chi connectivity index (χ3v) is 2.59. The third-order valence-electron chi connectivity index (χ3n) is 2.59. The average molecular weight is 220 g/mol. The Kier molecular flexibility index (Phi) is 6.23. The highest BCUT2D eigenvalue weighted by atomic mass is 16.3. The molecule has 3 nitrogen and oxygen atoms in total. The van der Waals surface area contributed by atoms with Gasteiger partial charge in [-0.1, -0.05) is 56.5 Å². The van der Waals surface area contributed by atoms with Crippen LogP contribution in [0.5, 0.6) is 0 Å². The van der Waals surface area contributed by atoms with Crippen LogP contribution >= 0.6 is 0 Å². The molecule has 0 aliphatic rings. The molecule has 0 unspecified atom stereocenters. The van der Waals surface area contributed by atoms with E-state index in [0.29, 0.717) is 6.54 Å². The number of hydrogen-bond donors (Lipinski definition) is 0. The SMILES string of the molecule is CCCCCCN(Cc1ccccc1)N=O. The van der Waals surface area contributed by atoms with Crippen LogP contribution in [0.3, 0.4) is 0 Å². The molecular formula is C13H20N2O. The second kappa shape index (κ2) is 7.85. The fraction of sp³-hybridized carbons (Fsp3) is 0.538. The lowest BCUT2D eigenvalue weighted by Crippen LogP contribution is -2.17. The Labute approximate surface area is 97.4 Å². The lowest BCUT2D eigenvalue weighted by Gasteiger charge is -2.14. The van der Waals surface area contributed by atoms with Gasteiger partial charge in [0.1, 0.15) is 0 Å². The monoisotopic (exact) mass is 220 g/mol. The van der Waals surface area contributed by atoms with Crippen LogP contribution in [0.1, 0.15) is 38.2 Å². The van der Waals surface area contributed by atoms with Gasteiger partial charge >= 0.3 is 0 Å². The average Bonchev–Trinajstić information content (AvgIpc) is 2.34. The maximum atomic E-state index is 10.6. The minimum atomic E-state index is 0.621. The van der Waals surface area contributed by atoms with E-state index in [1.165, 1.54) is 19.3 Å². The van der Waals surface area contributed by atoms with Gasteiger partial charge in [0, 0.05) is 6.54 Å². The van der Waals surface area contributed by atoms with Gasteiger partial charge in [-0.2, -0.15) is 0 Å². The third kappa shape index (κ3) is 4.91. The Balaban J connectivity index is 2.29. The van der Waals surface area contributed by atoms with Gasteiger partial charge in [0.05, 0.1) is 11.8 Å². The summed E-state index contributed by atoms with van der Waals surface area (Å²) < 4.78 is 0. The van der Waals surface area contributed by atoms with E-state index in [9.17, 15) is 4.91 Å². The first-order valence-corrected chi connectivity index (χ1v) is 5.99. The van der Waals surface area contributed by atoms with Gasteiger partial charge in [0.15, 0.2) is 0 Å². The number of unbranched alkanes of at least 4 members (excludes halogenated alkanes) is 3. The summed E-state index contributed by atoms with van der Waals surface area (Å²) in [6, 6.07) is 9.97. The zero-order valence-electron chi connectivity index (χ0n) is 9.93. The van der Waals surface area contributed by atoms with Crippen molar-refractivity contribution < 1.29 is 0 Å². The van der Waals surface area contributed by atoms with E-state index in [4.69, 9.17) is 0 Å². The minimum Gasteiger partial charge on any atom is -0.256 e. The quantitative estimate of drug-likeness (QED) is 0.379. The molecule has 0 saturated carbocycles. The van der Waals surface area contributed by atoms with Gasteiger partial charge in [0.25, 0.3) is 0 Å². The summed E-state index contributed by atoms with van der Waals surface area (Å²) >= 11 is 0. The predicted molar refractivity (Wildman–Crippen MR) is 66.8 cm³/mol. The predicted octanol–water partition coefficient (Wildman–Crippen LogP) is 3.75. The molecule has 16 heavy (non-hydrogen) atoms. The van der Waals surface area contributed by atoms with Crippen molar-refractivity contribution in [3.8, 4) is 0 Å². The Morgan fingerprint density at radius 3 is 2.50 bits per heavy atom. The molecule has 0 bridgehead atoms. The van der Waals surface area contributed by atoms with Crippen molar-refractivity contribution in [1.82, 2.24) is 5.01 Å². The topological polar surface area (TPSA) is 32.7 Å². The molecule has 3 heteroatoms. The van der Waals surface area contributed by atoms with Crippen molar-refractivity contribution in [2.45, 2.75) is 39.2 Å². The van der Waals surface area contributed by atoms with Crippen LogP contribution in [0.25, 0.3) is 0 Å². The molecule has 0 amide bonds. The number of rotatable bonds is 8. The number of benzene rings is 1. The molecule has 1 rings (SSSR count). The molecule has 0 heterocycles. The molecule has 0 spiro atoms. The Bertz CT molecular complexity index is 287. The molecule has 0 radical (unpaired) electrons. The molecule has 0 aromatic heterocycles. The molecule has 1 aromatic carbocycles. The fourth-order valence-corrected chi connectivity index (χ4v) is 1.66. The van der Waals surface area contributed by atoms with E-state index < -0.39 is 0 Å². The number of hydrogen-bond acceptors (Lipinski definition) is 2. The molecule has 0 aliphatic carbocycles. The van der Waals surface area contributed by atoms with Gasteiger partial charge < -0.3 is 0 Å². The van der Waals surface area contributed by atoms with Crippen molar-refractivity contribution >= 4 is 0 Å². The van der Waals surface area contributed by atoms with E-state index in [1.54, 1.807) is 5.01 Å². The van der Waals surface area contributed by atoms with Crippen molar-refractivity contribution in [3.63, 3.8) is 0 Å². The van der Waals surface area contributed by atoms with Crippen molar-refractivity contribution in [3.05, 3.63) is 40.8 Å². The Morgan fingerprint density at radius 2 is 1.88 bits per heavy atom. The molecule has 0 atom stereocenters. The molecule has 88 valence electrons. The number of nitrogens with zero attached hydrogens (tertiary/aromatic N) is 2. The van der Waals surface area contributed by atoms with Crippen LogP contribution in [0.4, 0.5) is 0 Å². The summed E-state index contributed by atoms with van der Waals surface area (Å²) in [6.07, 6.45) is 4.68. The van der Waals surface area contributed by atoms with Crippen LogP contribution in [-0.2, 0) is 6.54 Å². The normalized spacial score (nSPS) is 10.1. The molecule has 0 fully saturated rings. The molecule has 1 aromatic rings. The lowest BCUT2D eigenvalue weighted by atomic mass is 10.2. The zero-order chi connectivity index (χ0) is 11.6. The van der Waals surface area contributed by atoms with Crippen LogP contribution < -0.4 is 0 Å². The largest absolute Gasteiger partial charge is 0.256 e. The molecule has 0 aliphatic heterocycles. The van der Waals surface area contributed by atoms with Gasteiger partial charge in [-0.25, -0.2) is 0 Å². The first-order valence-electron chi connectivity index (χ1n) is 5.99. The summed E-state index contributed by atoms with van der Waals surface area (Å²) in [5.41, 5.74) is 1.14. The molecule has 0 saturated heterocycles. The van der Waals surface area contributed by atoms with Gasteiger partial charge in [0.2, 0.25) is 0 Å². The first kappa shape index (κ1) is 12.7. The van der Waals surface area contributed by atoms with Crippen LogP contribution in [0.15, 0.2) is 35.6 Å². The maximum Gasteiger partial charge on any atom is 0.0642 e. The van der Waals surface area contributed by atoms with Crippen molar-refractivity contribution in [2.75, 3.05) is 6.54 Å². The van der Waals surface area contributed by atoms with Crippen LogP contribution in [0, 0.1) is 4.91 Å². The summed E-state index contributed by atoms with van der Waals surface area (Å²) in [4.78, 5) is 10.6. The van der Waals surface area contributed by atoms with Gasteiger partial charge in [-0.15, -0.1) is 4.91 Å². The van der Waals surface area contributed by atoms with E-state index in [1.807, 2.05) is 30.3 Å². The summed E-state index contributed by atoms with van der Waals surface area (Å²) in [7, 11) is 0. The lowest BCUT2D eigenvalue weighted by molar-refractivity contribution is 0.268. The maximum absolute atomic E-state index is 10.6. The first-order chi connectivity index (χ1) is 7.86. The van der Waals surface area contributed by atoms with E-state index in [0.717, 1.165) is 18.5 Å².